The molecule has 0 spiro atoms. The van der Waals surface area contributed by atoms with Crippen molar-refractivity contribution in [2.24, 2.45) is 0 Å². The first-order valence-corrected chi connectivity index (χ1v) is 10.1. The molecule has 2 aliphatic carbocycles. The van der Waals surface area contributed by atoms with Crippen molar-refractivity contribution in [1.82, 2.24) is 4.98 Å². The van der Waals surface area contributed by atoms with Crippen LogP contribution in [0.3, 0.4) is 0 Å². The van der Waals surface area contributed by atoms with Gasteiger partial charge in [-0.2, -0.15) is 0 Å². The Morgan fingerprint density at radius 3 is 2.25 bits per heavy atom. The Bertz CT molecular complexity index is 1310. The predicted octanol–water partition coefficient (Wildman–Crippen LogP) is 6.85. The molecular weight excluding hydrogens is 338 g/mol. The summed E-state index contributed by atoms with van der Waals surface area (Å²) in [5.74, 6) is 0. The third-order valence-electron chi connectivity index (χ3n) is 7.13. The van der Waals surface area contributed by atoms with E-state index in [4.69, 9.17) is 0 Å². The van der Waals surface area contributed by atoms with Crippen LogP contribution < -0.4 is 0 Å². The van der Waals surface area contributed by atoms with Crippen molar-refractivity contribution >= 4 is 10.8 Å². The molecule has 0 amide bonds. The number of benzene rings is 3. The summed E-state index contributed by atoms with van der Waals surface area (Å²) in [6, 6.07) is 20.4. The molecule has 1 aromatic heterocycles. The minimum atomic E-state index is -0.0331. The van der Waals surface area contributed by atoms with E-state index in [0.29, 0.717) is 0 Å². The lowest BCUT2D eigenvalue weighted by Gasteiger charge is -2.36. The van der Waals surface area contributed by atoms with E-state index < -0.39 is 0 Å². The second kappa shape index (κ2) is 4.91. The second-order valence-electron chi connectivity index (χ2n) is 9.29. The van der Waals surface area contributed by atoms with Gasteiger partial charge in [0.25, 0.3) is 0 Å². The highest BCUT2D eigenvalue weighted by atomic mass is 14.6. The fourth-order valence-electron chi connectivity index (χ4n) is 5.80. The molecule has 0 unspecified atom stereocenters. The number of hydrogen-bond acceptors (Lipinski definition) is 1. The van der Waals surface area contributed by atoms with E-state index in [1.807, 2.05) is 6.20 Å². The quantitative estimate of drug-likeness (QED) is 0.334. The van der Waals surface area contributed by atoms with Crippen LogP contribution in [-0.4, -0.2) is 4.98 Å². The van der Waals surface area contributed by atoms with Gasteiger partial charge in [-0.15, -0.1) is 0 Å². The molecule has 0 saturated heterocycles. The van der Waals surface area contributed by atoms with Gasteiger partial charge < -0.3 is 0 Å². The van der Waals surface area contributed by atoms with Gasteiger partial charge in [0.1, 0.15) is 0 Å². The van der Waals surface area contributed by atoms with Crippen molar-refractivity contribution in [1.29, 1.82) is 0 Å². The van der Waals surface area contributed by atoms with E-state index in [-0.39, 0.29) is 10.8 Å². The van der Waals surface area contributed by atoms with Gasteiger partial charge in [0.15, 0.2) is 0 Å². The van der Waals surface area contributed by atoms with Gasteiger partial charge in [-0.25, -0.2) is 0 Å². The molecule has 1 heteroatoms. The lowest BCUT2D eigenvalue weighted by molar-refractivity contribution is 0.642. The van der Waals surface area contributed by atoms with E-state index in [1.165, 1.54) is 55.3 Å². The van der Waals surface area contributed by atoms with E-state index >= 15 is 0 Å². The maximum absolute atomic E-state index is 4.49. The third kappa shape index (κ3) is 1.71. The zero-order valence-electron chi connectivity index (χ0n) is 16.8. The maximum Gasteiger partial charge on any atom is 0.0349 e. The maximum atomic E-state index is 4.49. The number of fused-ring (bicyclic) bond motifs is 6. The lowest BCUT2D eigenvalue weighted by atomic mass is 9.67. The molecule has 136 valence electrons. The molecule has 0 atom stereocenters. The van der Waals surface area contributed by atoms with Crippen LogP contribution in [0.1, 0.15) is 49.9 Å². The molecule has 0 radical (unpaired) electrons. The topological polar surface area (TPSA) is 12.9 Å². The standard InChI is InChI=1S/C27H23N/c1-26(2)22-12-13-28-15-20(22)18-14-19-16-8-5-6-10-21(16)27(3,4)25(19)17-9-7-11-23(26)24(17)18/h5-15H,1-4H3. The fraction of sp³-hybridized carbons (Fsp3) is 0.222. The van der Waals surface area contributed by atoms with Crippen LogP contribution >= 0.6 is 0 Å². The molecule has 3 aromatic carbocycles. The highest BCUT2D eigenvalue weighted by Crippen LogP contribution is 2.56. The molecule has 0 N–H and O–H groups in total. The Balaban J connectivity index is 1.86. The number of rotatable bonds is 0. The first-order chi connectivity index (χ1) is 13.4. The summed E-state index contributed by atoms with van der Waals surface area (Å²) in [4.78, 5) is 4.49. The summed E-state index contributed by atoms with van der Waals surface area (Å²) in [7, 11) is 0. The minimum Gasteiger partial charge on any atom is -0.264 e. The zero-order chi connectivity index (χ0) is 19.3. The Hall–Kier alpha value is -2.93. The molecular formula is C27H23N. The van der Waals surface area contributed by atoms with Gasteiger partial charge in [-0.05, 0) is 61.8 Å². The molecule has 0 fully saturated rings. The second-order valence-corrected chi connectivity index (χ2v) is 9.29. The molecule has 0 bridgehead atoms. The van der Waals surface area contributed by atoms with Crippen LogP contribution in [0.4, 0.5) is 0 Å². The Morgan fingerprint density at radius 1 is 0.643 bits per heavy atom. The number of hydrogen-bond donors (Lipinski definition) is 0. The van der Waals surface area contributed by atoms with Gasteiger partial charge in [-0.1, -0.05) is 70.2 Å². The monoisotopic (exact) mass is 361 g/mol. The number of pyridine rings is 1. The SMILES string of the molecule is CC1(C)c2ccccc2-c2cc3c4c(cccc4c21)C(C)(C)c1ccncc1-3. The average molecular weight is 361 g/mol. The first kappa shape index (κ1) is 16.1. The van der Waals surface area contributed by atoms with Crippen LogP contribution in [0.5, 0.6) is 0 Å². The first-order valence-electron chi connectivity index (χ1n) is 10.1. The Labute approximate surface area is 166 Å². The van der Waals surface area contributed by atoms with Crippen LogP contribution in [0, 0.1) is 0 Å². The van der Waals surface area contributed by atoms with Gasteiger partial charge in [0.2, 0.25) is 0 Å². The van der Waals surface area contributed by atoms with Crippen molar-refractivity contribution in [3.63, 3.8) is 0 Å². The normalized spacial score (nSPS) is 17.1. The highest BCUT2D eigenvalue weighted by molar-refractivity contribution is 6.09. The van der Waals surface area contributed by atoms with E-state index in [9.17, 15) is 0 Å². The average Bonchev–Trinajstić information content (AvgIpc) is 2.94. The summed E-state index contributed by atoms with van der Waals surface area (Å²) in [5.41, 5.74) is 11.0. The molecule has 6 rings (SSSR count). The van der Waals surface area contributed by atoms with Crippen molar-refractivity contribution in [3.8, 4) is 22.3 Å². The van der Waals surface area contributed by atoms with Gasteiger partial charge in [-0.3, -0.25) is 4.98 Å². The highest BCUT2D eigenvalue weighted by Gasteiger charge is 2.40. The largest absolute Gasteiger partial charge is 0.264 e. The van der Waals surface area contributed by atoms with Crippen molar-refractivity contribution < 1.29 is 0 Å². The third-order valence-corrected chi connectivity index (χ3v) is 7.13. The molecule has 1 nitrogen and oxygen atoms in total. The van der Waals surface area contributed by atoms with Crippen LogP contribution in [0.15, 0.2) is 67.0 Å². The zero-order valence-corrected chi connectivity index (χ0v) is 16.8. The fourth-order valence-corrected chi connectivity index (χ4v) is 5.80. The number of aromatic nitrogens is 1. The van der Waals surface area contributed by atoms with E-state index in [0.717, 1.165) is 0 Å². The predicted molar refractivity (Wildman–Crippen MR) is 117 cm³/mol. The van der Waals surface area contributed by atoms with Gasteiger partial charge in [0.05, 0.1) is 0 Å². The molecule has 0 saturated carbocycles. The van der Waals surface area contributed by atoms with Gasteiger partial charge in [0, 0.05) is 28.8 Å². The Morgan fingerprint density at radius 2 is 1.39 bits per heavy atom. The lowest BCUT2D eigenvalue weighted by Crippen LogP contribution is -2.24. The Kier molecular flexibility index (Phi) is 2.82. The molecule has 0 aliphatic heterocycles. The summed E-state index contributed by atoms with van der Waals surface area (Å²) >= 11 is 0. The summed E-state index contributed by atoms with van der Waals surface area (Å²) in [6.45, 7) is 9.43. The van der Waals surface area contributed by atoms with Crippen LogP contribution in [0.25, 0.3) is 33.0 Å². The summed E-state index contributed by atoms with van der Waals surface area (Å²) in [6.07, 6.45) is 3.98. The minimum absolute atomic E-state index is 0.00242. The van der Waals surface area contributed by atoms with Crippen LogP contribution in [-0.2, 0) is 10.8 Å². The van der Waals surface area contributed by atoms with Gasteiger partial charge >= 0.3 is 0 Å². The number of nitrogens with zero attached hydrogens (tertiary/aromatic N) is 1. The molecule has 1 heterocycles. The molecule has 4 aromatic rings. The summed E-state index contributed by atoms with van der Waals surface area (Å²) in [5, 5.41) is 2.81. The van der Waals surface area contributed by atoms with Crippen molar-refractivity contribution in [2.45, 2.75) is 38.5 Å². The van der Waals surface area contributed by atoms with Crippen molar-refractivity contribution in [2.75, 3.05) is 0 Å². The smallest absolute Gasteiger partial charge is 0.0349 e. The van der Waals surface area contributed by atoms with E-state index in [2.05, 4.69) is 93.5 Å². The van der Waals surface area contributed by atoms with E-state index in [1.54, 1.807) is 0 Å². The molecule has 28 heavy (non-hydrogen) atoms. The molecule has 2 aliphatic rings. The van der Waals surface area contributed by atoms with Crippen LogP contribution in [0.2, 0.25) is 0 Å². The summed E-state index contributed by atoms with van der Waals surface area (Å²) < 4.78 is 0. The van der Waals surface area contributed by atoms with Crippen molar-refractivity contribution in [3.05, 3.63) is 89.2 Å².